The number of aromatic nitrogens is 2. The van der Waals surface area contributed by atoms with Gasteiger partial charge < -0.3 is 9.80 Å². The van der Waals surface area contributed by atoms with Crippen molar-refractivity contribution in [1.29, 1.82) is 0 Å². The molecular weight excluding hydrogens is 412 g/mol. The van der Waals surface area contributed by atoms with E-state index in [9.17, 15) is 9.59 Å². The third-order valence-corrected chi connectivity index (χ3v) is 6.57. The lowest BCUT2D eigenvalue weighted by Gasteiger charge is -2.38. The van der Waals surface area contributed by atoms with Crippen molar-refractivity contribution < 1.29 is 9.59 Å². The van der Waals surface area contributed by atoms with E-state index < -0.39 is 5.41 Å². The second-order valence-corrected chi connectivity index (χ2v) is 9.08. The van der Waals surface area contributed by atoms with E-state index in [1.807, 2.05) is 76.9 Å². The molecule has 1 aliphatic heterocycles. The zero-order chi connectivity index (χ0) is 23.4. The number of nitrogens with zero attached hydrogens (tertiary/aromatic N) is 4. The fourth-order valence-electron chi connectivity index (χ4n) is 4.51. The standard InChI is InChI=1S/C27H32N4O2/c1-4-24-23(19-28-31(24)20-21-11-7-5-8-12-21)25(32)29-15-17-30(18-16-29)26(33)27(2,3)22-13-9-6-10-14-22/h5-14,19H,4,15-18,20H2,1-3H3. The highest BCUT2D eigenvalue weighted by molar-refractivity contribution is 5.95. The molecule has 1 aliphatic rings. The molecule has 2 heterocycles. The number of rotatable bonds is 6. The molecule has 33 heavy (non-hydrogen) atoms. The summed E-state index contributed by atoms with van der Waals surface area (Å²) in [6.07, 6.45) is 2.43. The second kappa shape index (κ2) is 9.61. The first-order valence-corrected chi connectivity index (χ1v) is 11.6. The van der Waals surface area contributed by atoms with Gasteiger partial charge in [-0.25, -0.2) is 0 Å². The molecule has 0 bridgehead atoms. The van der Waals surface area contributed by atoms with Crippen LogP contribution in [0.1, 0.15) is 48.0 Å². The molecule has 6 heteroatoms. The van der Waals surface area contributed by atoms with E-state index in [0.717, 1.165) is 23.2 Å². The summed E-state index contributed by atoms with van der Waals surface area (Å²) in [6.45, 7) is 8.78. The van der Waals surface area contributed by atoms with Gasteiger partial charge in [-0.1, -0.05) is 67.6 Å². The van der Waals surface area contributed by atoms with Crippen molar-refractivity contribution in [3.05, 3.63) is 89.2 Å². The van der Waals surface area contributed by atoms with Crippen LogP contribution in [0.15, 0.2) is 66.9 Å². The Labute approximate surface area is 195 Å². The summed E-state index contributed by atoms with van der Waals surface area (Å²) in [5.41, 5.74) is 3.18. The first-order chi connectivity index (χ1) is 15.9. The second-order valence-electron chi connectivity index (χ2n) is 9.08. The van der Waals surface area contributed by atoms with Crippen molar-refractivity contribution in [3.63, 3.8) is 0 Å². The van der Waals surface area contributed by atoms with E-state index in [2.05, 4.69) is 24.2 Å². The van der Waals surface area contributed by atoms with Gasteiger partial charge in [-0.3, -0.25) is 14.3 Å². The Morgan fingerprint density at radius 1 is 0.879 bits per heavy atom. The molecule has 0 saturated carbocycles. The molecular formula is C27H32N4O2. The SMILES string of the molecule is CCc1c(C(=O)N2CCN(C(=O)C(C)(C)c3ccccc3)CC2)cnn1Cc1ccccc1. The molecule has 4 rings (SSSR count). The molecule has 0 spiro atoms. The Morgan fingerprint density at radius 2 is 1.45 bits per heavy atom. The van der Waals surface area contributed by atoms with E-state index in [-0.39, 0.29) is 11.8 Å². The Balaban J connectivity index is 1.42. The average Bonchev–Trinajstić information content (AvgIpc) is 3.26. The number of hydrogen-bond donors (Lipinski definition) is 0. The Kier molecular flexibility index (Phi) is 6.63. The van der Waals surface area contributed by atoms with Crippen molar-refractivity contribution in [2.45, 2.75) is 39.2 Å². The number of hydrogen-bond acceptors (Lipinski definition) is 3. The third-order valence-electron chi connectivity index (χ3n) is 6.57. The highest BCUT2D eigenvalue weighted by Crippen LogP contribution is 2.26. The molecule has 172 valence electrons. The lowest BCUT2D eigenvalue weighted by atomic mass is 9.83. The van der Waals surface area contributed by atoms with Gasteiger partial charge in [0.05, 0.1) is 29.4 Å². The molecule has 2 aromatic carbocycles. The molecule has 2 amide bonds. The van der Waals surface area contributed by atoms with Crippen molar-refractivity contribution in [2.75, 3.05) is 26.2 Å². The van der Waals surface area contributed by atoms with Crippen LogP contribution in [0.3, 0.4) is 0 Å². The van der Waals surface area contributed by atoms with Crippen molar-refractivity contribution in [2.24, 2.45) is 0 Å². The quantitative estimate of drug-likeness (QED) is 0.582. The van der Waals surface area contributed by atoms with Crippen LogP contribution in [0.25, 0.3) is 0 Å². The van der Waals surface area contributed by atoms with Crippen molar-refractivity contribution in [3.8, 4) is 0 Å². The molecule has 0 atom stereocenters. The van der Waals surface area contributed by atoms with Gasteiger partial charge >= 0.3 is 0 Å². The van der Waals surface area contributed by atoms with E-state index >= 15 is 0 Å². The zero-order valence-electron chi connectivity index (χ0n) is 19.7. The fourth-order valence-corrected chi connectivity index (χ4v) is 4.51. The summed E-state index contributed by atoms with van der Waals surface area (Å²) in [5.74, 6) is 0.103. The average molecular weight is 445 g/mol. The molecule has 0 radical (unpaired) electrons. The van der Waals surface area contributed by atoms with Gasteiger partial charge in [0.15, 0.2) is 0 Å². The fraction of sp³-hybridized carbons (Fsp3) is 0.370. The van der Waals surface area contributed by atoms with Gasteiger partial charge in [0.25, 0.3) is 5.91 Å². The number of carbonyl (C=O) groups excluding carboxylic acids is 2. The van der Waals surface area contributed by atoms with Crippen molar-refractivity contribution in [1.82, 2.24) is 19.6 Å². The van der Waals surface area contributed by atoms with Crippen LogP contribution in [-0.2, 0) is 23.2 Å². The smallest absolute Gasteiger partial charge is 0.257 e. The largest absolute Gasteiger partial charge is 0.338 e. The van der Waals surface area contributed by atoms with Gasteiger partial charge in [0.2, 0.25) is 5.91 Å². The Morgan fingerprint density at radius 3 is 2.06 bits per heavy atom. The van der Waals surface area contributed by atoms with Gasteiger partial charge in [-0.2, -0.15) is 5.10 Å². The van der Waals surface area contributed by atoms with Crippen LogP contribution < -0.4 is 0 Å². The predicted octanol–water partition coefficient (Wildman–Crippen LogP) is 3.76. The summed E-state index contributed by atoms with van der Waals surface area (Å²) in [4.78, 5) is 30.3. The Bertz CT molecular complexity index is 1100. The molecule has 1 fully saturated rings. The van der Waals surface area contributed by atoms with E-state index in [1.165, 1.54) is 0 Å². The molecule has 1 saturated heterocycles. The zero-order valence-corrected chi connectivity index (χ0v) is 19.7. The number of benzene rings is 2. The van der Waals surface area contributed by atoms with Crippen LogP contribution >= 0.6 is 0 Å². The minimum Gasteiger partial charge on any atom is -0.338 e. The highest BCUT2D eigenvalue weighted by atomic mass is 16.2. The minimum absolute atomic E-state index is 0.000537. The van der Waals surface area contributed by atoms with Crippen LogP contribution in [0.4, 0.5) is 0 Å². The van der Waals surface area contributed by atoms with Gasteiger partial charge in [0, 0.05) is 26.2 Å². The molecule has 6 nitrogen and oxygen atoms in total. The van der Waals surface area contributed by atoms with Crippen LogP contribution in [0.2, 0.25) is 0 Å². The summed E-state index contributed by atoms with van der Waals surface area (Å²) in [6, 6.07) is 20.0. The maximum Gasteiger partial charge on any atom is 0.257 e. The summed E-state index contributed by atoms with van der Waals surface area (Å²) in [7, 11) is 0. The first kappa shape index (κ1) is 22.8. The van der Waals surface area contributed by atoms with Gasteiger partial charge in [0.1, 0.15) is 0 Å². The lowest BCUT2D eigenvalue weighted by molar-refractivity contribution is -0.137. The number of amides is 2. The van der Waals surface area contributed by atoms with Crippen LogP contribution in [0.5, 0.6) is 0 Å². The van der Waals surface area contributed by atoms with Crippen molar-refractivity contribution >= 4 is 11.8 Å². The van der Waals surface area contributed by atoms with Crippen LogP contribution in [-0.4, -0.2) is 57.6 Å². The number of piperazine rings is 1. The summed E-state index contributed by atoms with van der Waals surface area (Å²) in [5, 5.41) is 4.51. The molecule has 1 aromatic heterocycles. The molecule has 0 aliphatic carbocycles. The summed E-state index contributed by atoms with van der Waals surface area (Å²) < 4.78 is 1.92. The van der Waals surface area contributed by atoms with E-state index in [4.69, 9.17) is 0 Å². The lowest BCUT2D eigenvalue weighted by Crippen LogP contribution is -2.54. The number of carbonyl (C=O) groups is 2. The van der Waals surface area contributed by atoms with Crippen LogP contribution in [0, 0.1) is 0 Å². The van der Waals surface area contributed by atoms with E-state index in [1.54, 1.807) is 6.20 Å². The van der Waals surface area contributed by atoms with Gasteiger partial charge in [-0.05, 0) is 31.4 Å². The Hall–Kier alpha value is -3.41. The predicted molar refractivity (Wildman–Crippen MR) is 129 cm³/mol. The first-order valence-electron chi connectivity index (χ1n) is 11.6. The normalized spacial score (nSPS) is 14.4. The third kappa shape index (κ3) is 4.70. The summed E-state index contributed by atoms with van der Waals surface area (Å²) >= 11 is 0. The molecule has 0 unspecified atom stereocenters. The highest BCUT2D eigenvalue weighted by Gasteiger charge is 2.36. The molecule has 3 aromatic rings. The maximum atomic E-state index is 13.3. The minimum atomic E-state index is -0.596. The monoisotopic (exact) mass is 444 g/mol. The van der Waals surface area contributed by atoms with E-state index in [0.29, 0.717) is 38.3 Å². The van der Waals surface area contributed by atoms with Gasteiger partial charge in [-0.15, -0.1) is 0 Å². The molecule has 0 N–H and O–H groups in total. The maximum absolute atomic E-state index is 13.3. The topological polar surface area (TPSA) is 58.4 Å².